The van der Waals surface area contributed by atoms with Gasteiger partial charge in [-0.05, 0) is 23.6 Å². The van der Waals surface area contributed by atoms with Gasteiger partial charge < -0.3 is 0 Å². The van der Waals surface area contributed by atoms with Crippen LogP contribution in [0.3, 0.4) is 0 Å². The number of aromatic nitrogens is 3. The summed E-state index contributed by atoms with van der Waals surface area (Å²) in [7, 11) is 0. The Morgan fingerprint density at radius 3 is 2.85 bits per heavy atom. The molecule has 106 valence electrons. The number of Topliss-reactive ketones (excluding diaryl/α,β-unsaturated/α-hetero) is 1. The number of rotatable bonds is 6. The number of carbonyl (C=O) groups is 1. The van der Waals surface area contributed by atoms with Crippen LogP contribution in [0.4, 0.5) is 0 Å². The highest BCUT2D eigenvalue weighted by Gasteiger charge is 2.12. The van der Waals surface area contributed by atoms with Gasteiger partial charge in [-0.2, -0.15) is 5.10 Å². The molecule has 0 radical (unpaired) electrons. The van der Waals surface area contributed by atoms with E-state index >= 15 is 0 Å². The van der Waals surface area contributed by atoms with Crippen molar-refractivity contribution in [3.8, 4) is 0 Å². The molecule has 2 rings (SSSR count). The summed E-state index contributed by atoms with van der Waals surface area (Å²) < 4.78 is 1.81. The Kier molecular flexibility index (Phi) is 4.90. The molecular formula is C15H18ClN3O. The van der Waals surface area contributed by atoms with Crippen molar-refractivity contribution in [2.45, 2.75) is 33.2 Å². The molecule has 0 amide bonds. The fraction of sp³-hybridized carbons (Fsp3) is 0.400. The molecule has 0 aliphatic rings. The van der Waals surface area contributed by atoms with E-state index < -0.39 is 0 Å². The number of benzene rings is 1. The minimum absolute atomic E-state index is 0.116. The zero-order valence-corrected chi connectivity index (χ0v) is 12.5. The van der Waals surface area contributed by atoms with Gasteiger partial charge in [-0.15, -0.1) is 0 Å². The number of hydrogen-bond donors (Lipinski definition) is 0. The molecule has 0 unspecified atom stereocenters. The van der Waals surface area contributed by atoms with E-state index in [9.17, 15) is 4.79 Å². The van der Waals surface area contributed by atoms with Gasteiger partial charge in [-0.25, -0.2) is 9.67 Å². The van der Waals surface area contributed by atoms with E-state index in [4.69, 9.17) is 11.6 Å². The van der Waals surface area contributed by atoms with Crippen LogP contribution in [-0.4, -0.2) is 20.5 Å². The monoisotopic (exact) mass is 291 g/mol. The molecule has 0 saturated carbocycles. The van der Waals surface area contributed by atoms with Crippen molar-refractivity contribution in [3.05, 3.63) is 47.0 Å². The third kappa shape index (κ3) is 4.17. The Morgan fingerprint density at radius 2 is 2.15 bits per heavy atom. The van der Waals surface area contributed by atoms with Gasteiger partial charge in [-0.1, -0.05) is 37.6 Å². The maximum Gasteiger partial charge on any atom is 0.144 e. The van der Waals surface area contributed by atoms with Crippen molar-refractivity contribution >= 4 is 17.4 Å². The molecule has 5 heteroatoms. The highest BCUT2D eigenvalue weighted by Crippen LogP contribution is 2.12. The van der Waals surface area contributed by atoms with Gasteiger partial charge in [0.2, 0.25) is 0 Å². The van der Waals surface area contributed by atoms with Crippen LogP contribution in [-0.2, 0) is 24.2 Å². The van der Waals surface area contributed by atoms with Gasteiger partial charge in [0.05, 0.1) is 6.42 Å². The molecule has 4 nitrogen and oxygen atoms in total. The van der Waals surface area contributed by atoms with E-state index in [2.05, 4.69) is 23.9 Å². The first-order valence-electron chi connectivity index (χ1n) is 6.67. The van der Waals surface area contributed by atoms with E-state index in [1.165, 1.54) is 6.33 Å². The first kappa shape index (κ1) is 14.7. The molecule has 2 aromatic rings. The molecule has 0 bridgehead atoms. The fourth-order valence-electron chi connectivity index (χ4n) is 2.04. The molecule has 0 atom stereocenters. The maximum absolute atomic E-state index is 12.1. The third-order valence-electron chi connectivity index (χ3n) is 2.88. The van der Waals surface area contributed by atoms with E-state index in [1.54, 1.807) is 10.7 Å². The number of ketones is 1. The molecule has 1 aromatic heterocycles. The summed E-state index contributed by atoms with van der Waals surface area (Å²) in [6, 6.07) is 7.38. The molecule has 0 N–H and O–H groups in total. The van der Waals surface area contributed by atoms with Gasteiger partial charge in [0, 0.05) is 18.0 Å². The second kappa shape index (κ2) is 6.66. The van der Waals surface area contributed by atoms with Gasteiger partial charge >= 0.3 is 0 Å². The average molecular weight is 292 g/mol. The Labute approximate surface area is 123 Å². The van der Waals surface area contributed by atoms with Gasteiger partial charge in [0.15, 0.2) is 0 Å². The molecule has 0 saturated heterocycles. The molecule has 0 fully saturated rings. The molecule has 20 heavy (non-hydrogen) atoms. The minimum atomic E-state index is 0.116. The van der Waals surface area contributed by atoms with Crippen LogP contribution in [0, 0.1) is 5.92 Å². The number of nitrogens with zero attached hydrogens (tertiary/aromatic N) is 3. The number of halogens is 1. The predicted octanol–water partition coefficient (Wildman–Crippen LogP) is 2.94. The van der Waals surface area contributed by atoms with Crippen LogP contribution in [0.1, 0.15) is 25.2 Å². The van der Waals surface area contributed by atoms with Gasteiger partial charge in [-0.3, -0.25) is 4.79 Å². The van der Waals surface area contributed by atoms with Crippen molar-refractivity contribution in [3.63, 3.8) is 0 Å². The van der Waals surface area contributed by atoms with E-state index in [0.717, 1.165) is 17.9 Å². The topological polar surface area (TPSA) is 47.8 Å². The normalized spacial score (nSPS) is 11.0. The van der Waals surface area contributed by atoms with Crippen LogP contribution in [0.25, 0.3) is 0 Å². The lowest BCUT2D eigenvalue weighted by Crippen LogP contribution is -2.15. The Bertz CT molecular complexity index is 592. The summed E-state index contributed by atoms with van der Waals surface area (Å²) in [6.45, 7) is 5.00. The molecule has 0 aliphatic heterocycles. The molecular weight excluding hydrogens is 274 g/mol. The van der Waals surface area contributed by atoms with Crippen molar-refractivity contribution < 1.29 is 4.79 Å². The lowest BCUT2D eigenvalue weighted by molar-refractivity contribution is -0.117. The highest BCUT2D eigenvalue weighted by atomic mass is 35.5. The summed E-state index contributed by atoms with van der Waals surface area (Å²) in [6.07, 6.45) is 2.18. The minimum Gasteiger partial charge on any atom is -0.299 e. The van der Waals surface area contributed by atoms with E-state index in [0.29, 0.717) is 23.8 Å². The standard InChI is InChI=1S/C15H18ClN3O/c1-11(2)9-19-15(17-10-18-19)8-14(20)7-12-4-3-5-13(16)6-12/h3-6,10-11H,7-9H2,1-2H3. The lowest BCUT2D eigenvalue weighted by Gasteiger charge is -2.08. The third-order valence-corrected chi connectivity index (χ3v) is 3.11. The second-order valence-corrected chi connectivity index (χ2v) is 5.71. The Balaban J connectivity index is 2.00. The summed E-state index contributed by atoms with van der Waals surface area (Å²) >= 11 is 5.92. The summed E-state index contributed by atoms with van der Waals surface area (Å²) in [5.41, 5.74) is 0.928. The van der Waals surface area contributed by atoms with Gasteiger partial charge in [0.25, 0.3) is 0 Å². The van der Waals surface area contributed by atoms with Gasteiger partial charge in [0.1, 0.15) is 17.9 Å². The zero-order chi connectivity index (χ0) is 14.5. The SMILES string of the molecule is CC(C)Cn1ncnc1CC(=O)Cc1cccc(Cl)c1. The van der Waals surface area contributed by atoms with E-state index in [1.807, 2.05) is 18.2 Å². The first-order valence-corrected chi connectivity index (χ1v) is 7.05. The number of hydrogen-bond acceptors (Lipinski definition) is 3. The second-order valence-electron chi connectivity index (χ2n) is 5.27. The largest absolute Gasteiger partial charge is 0.299 e. The summed E-state index contributed by atoms with van der Waals surface area (Å²) in [5.74, 6) is 1.31. The highest BCUT2D eigenvalue weighted by molar-refractivity contribution is 6.30. The summed E-state index contributed by atoms with van der Waals surface area (Å²) in [4.78, 5) is 16.3. The van der Waals surface area contributed by atoms with Crippen LogP contribution >= 0.6 is 11.6 Å². The van der Waals surface area contributed by atoms with Crippen LogP contribution in [0.5, 0.6) is 0 Å². The van der Waals surface area contributed by atoms with Crippen LogP contribution in [0.15, 0.2) is 30.6 Å². The smallest absolute Gasteiger partial charge is 0.144 e. The predicted molar refractivity (Wildman–Crippen MR) is 78.7 cm³/mol. The van der Waals surface area contributed by atoms with Crippen LogP contribution in [0.2, 0.25) is 5.02 Å². The fourth-order valence-corrected chi connectivity index (χ4v) is 2.25. The van der Waals surface area contributed by atoms with Crippen molar-refractivity contribution in [1.82, 2.24) is 14.8 Å². The average Bonchev–Trinajstić information content (AvgIpc) is 2.75. The van der Waals surface area contributed by atoms with Crippen molar-refractivity contribution in [1.29, 1.82) is 0 Å². The maximum atomic E-state index is 12.1. The Morgan fingerprint density at radius 1 is 1.35 bits per heavy atom. The van der Waals surface area contributed by atoms with E-state index in [-0.39, 0.29) is 5.78 Å². The summed E-state index contributed by atoms with van der Waals surface area (Å²) in [5, 5.41) is 4.81. The van der Waals surface area contributed by atoms with Crippen molar-refractivity contribution in [2.75, 3.05) is 0 Å². The molecule has 0 aliphatic carbocycles. The molecule has 1 heterocycles. The van der Waals surface area contributed by atoms with Crippen molar-refractivity contribution in [2.24, 2.45) is 5.92 Å². The quantitative estimate of drug-likeness (QED) is 0.822. The Hall–Kier alpha value is -1.68. The molecule has 0 spiro atoms. The zero-order valence-electron chi connectivity index (χ0n) is 11.7. The lowest BCUT2D eigenvalue weighted by atomic mass is 10.1. The first-order chi connectivity index (χ1) is 9.54. The number of carbonyl (C=O) groups excluding carboxylic acids is 1. The van der Waals surface area contributed by atoms with Crippen LogP contribution < -0.4 is 0 Å². The molecule has 1 aromatic carbocycles.